The van der Waals surface area contributed by atoms with Crippen LogP contribution in [0.2, 0.25) is 0 Å². The Morgan fingerprint density at radius 1 is 1.17 bits per heavy atom. The van der Waals surface area contributed by atoms with E-state index in [9.17, 15) is 9.59 Å². The van der Waals surface area contributed by atoms with Gasteiger partial charge in [0.15, 0.2) is 5.65 Å². The summed E-state index contributed by atoms with van der Waals surface area (Å²) in [5.41, 5.74) is 3.66. The highest BCUT2D eigenvalue weighted by molar-refractivity contribution is 6.06. The Labute approximate surface area is 169 Å². The molecule has 1 unspecified atom stereocenters. The number of nitrogens with one attached hydrogen (secondary N) is 1. The van der Waals surface area contributed by atoms with Crippen molar-refractivity contribution in [2.24, 2.45) is 13.0 Å². The van der Waals surface area contributed by atoms with Gasteiger partial charge in [-0.25, -0.2) is 4.98 Å². The quantitative estimate of drug-likeness (QED) is 0.744. The zero-order chi connectivity index (χ0) is 20.5. The molecule has 7 heteroatoms. The first-order chi connectivity index (χ1) is 13.9. The number of carbonyl (C=O) groups excluding carboxylic acids is 2. The lowest BCUT2D eigenvalue weighted by Crippen LogP contribution is -2.43. The van der Waals surface area contributed by atoms with Crippen LogP contribution in [0.25, 0.3) is 11.0 Å². The SMILES string of the molecule is Cc1cc(C(=O)N2CCCC(C(=O)Nc3ccccc3)C2)c2c(C)nn(C)c2n1. The molecule has 0 aliphatic carbocycles. The van der Waals surface area contributed by atoms with Crippen molar-refractivity contribution in [2.75, 3.05) is 18.4 Å². The maximum Gasteiger partial charge on any atom is 0.254 e. The number of nitrogens with zero attached hydrogens (tertiary/aromatic N) is 4. The molecule has 0 saturated carbocycles. The van der Waals surface area contributed by atoms with Gasteiger partial charge in [-0.1, -0.05) is 18.2 Å². The molecule has 1 saturated heterocycles. The molecule has 3 heterocycles. The number of anilines is 1. The van der Waals surface area contributed by atoms with Crippen molar-refractivity contribution in [1.82, 2.24) is 19.7 Å². The molecule has 1 aromatic carbocycles. The van der Waals surface area contributed by atoms with Gasteiger partial charge in [-0.15, -0.1) is 0 Å². The summed E-state index contributed by atoms with van der Waals surface area (Å²) in [4.78, 5) is 32.4. The Kier molecular flexibility index (Phi) is 5.05. The zero-order valence-corrected chi connectivity index (χ0v) is 17.0. The molecular weight excluding hydrogens is 366 g/mol. The third-order valence-corrected chi connectivity index (χ3v) is 5.45. The van der Waals surface area contributed by atoms with E-state index in [2.05, 4.69) is 15.4 Å². The molecule has 0 radical (unpaired) electrons. The van der Waals surface area contributed by atoms with Crippen molar-refractivity contribution in [1.29, 1.82) is 0 Å². The molecule has 3 aromatic rings. The van der Waals surface area contributed by atoms with E-state index in [1.54, 1.807) is 9.58 Å². The fourth-order valence-corrected chi connectivity index (χ4v) is 4.05. The van der Waals surface area contributed by atoms with Crippen LogP contribution in [0.5, 0.6) is 0 Å². The molecule has 150 valence electrons. The van der Waals surface area contributed by atoms with Crippen molar-refractivity contribution in [3.63, 3.8) is 0 Å². The van der Waals surface area contributed by atoms with Gasteiger partial charge in [-0.2, -0.15) is 5.10 Å². The molecule has 1 aliphatic rings. The largest absolute Gasteiger partial charge is 0.338 e. The number of fused-ring (bicyclic) bond motifs is 1. The van der Waals surface area contributed by atoms with Crippen LogP contribution in [0.15, 0.2) is 36.4 Å². The molecule has 1 N–H and O–H groups in total. The zero-order valence-electron chi connectivity index (χ0n) is 17.0. The minimum Gasteiger partial charge on any atom is -0.338 e. The number of aryl methyl sites for hydroxylation is 3. The number of carbonyl (C=O) groups is 2. The van der Waals surface area contributed by atoms with Crippen LogP contribution in [0.4, 0.5) is 5.69 Å². The van der Waals surface area contributed by atoms with Gasteiger partial charge in [0.2, 0.25) is 5.91 Å². The van der Waals surface area contributed by atoms with E-state index in [4.69, 9.17) is 0 Å². The van der Waals surface area contributed by atoms with E-state index in [-0.39, 0.29) is 17.7 Å². The third kappa shape index (κ3) is 3.72. The highest BCUT2D eigenvalue weighted by Gasteiger charge is 2.30. The lowest BCUT2D eigenvalue weighted by atomic mass is 9.96. The molecule has 1 aliphatic heterocycles. The summed E-state index contributed by atoms with van der Waals surface area (Å²) in [6.07, 6.45) is 1.58. The first kappa shape index (κ1) is 19.1. The maximum absolute atomic E-state index is 13.4. The van der Waals surface area contributed by atoms with E-state index in [0.29, 0.717) is 24.3 Å². The highest BCUT2D eigenvalue weighted by Crippen LogP contribution is 2.26. The summed E-state index contributed by atoms with van der Waals surface area (Å²) in [5, 5.41) is 8.18. The molecule has 4 rings (SSSR count). The van der Waals surface area contributed by atoms with Gasteiger partial charge in [0.05, 0.1) is 22.6 Å². The van der Waals surface area contributed by atoms with Gasteiger partial charge in [0.25, 0.3) is 5.91 Å². The molecule has 1 fully saturated rings. The fraction of sp³-hybridized carbons (Fsp3) is 0.364. The molecule has 2 amide bonds. The second-order valence-corrected chi connectivity index (χ2v) is 7.66. The number of aromatic nitrogens is 3. The molecule has 2 aromatic heterocycles. The van der Waals surface area contributed by atoms with Crippen molar-refractivity contribution >= 4 is 28.5 Å². The summed E-state index contributed by atoms with van der Waals surface area (Å²) in [6.45, 7) is 4.84. The van der Waals surface area contributed by atoms with Gasteiger partial charge in [-0.3, -0.25) is 14.3 Å². The van der Waals surface area contributed by atoms with E-state index >= 15 is 0 Å². The number of benzene rings is 1. The molecule has 1 atom stereocenters. The maximum atomic E-state index is 13.4. The normalized spacial score (nSPS) is 16.8. The minimum atomic E-state index is -0.221. The molecule has 29 heavy (non-hydrogen) atoms. The molecule has 0 spiro atoms. The number of pyridine rings is 1. The number of amides is 2. The van der Waals surface area contributed by atoms with Crippen LogP contribution in [-0.4, -0.2) is 44.6 Å². The Morgan fingerprint density at radius 2 is 1.93 bits per heavy atom. The van der Waals surface area contributed by atoms with E-state index in [1.165, 1.54) is 0 Å². The molecule has 7 nitrogen and oxygen atoms in total. The van der Waals surface area contributed by atoms with Gasteiger partial charge in [-0.05, 0) is 44.9 Å². The number of piperidine rings is 1. The third-order valence-electron chi connectivity index (χ3n) is 5.45. The Hall–Kier alpha value is -3.22. The number of para-hydroxylation sites is 1. The first-order valence-electron chi connectivity index (χ1n) is 9.90. The van der Waals surface area contributed by atoms with E-state index in [1.807, 2.05) is 57.3 Å². The van der Waals surface area contributed by atoms with Gasteiger partial charge >= 0.3 is 0 Å². The van der Waals surface area contributed by atoms with Crippen molar-refractivity contribution in [2.45, 2.75) is 26.7 Å². The molecular formula is C22H25N5O2. The highest BCUT2D eigenvalue weighted by atomic mass is 16.2. The molecule has 0 bridgehead atoms. The Morgan fingerprint density at radius 3 is 2.69 bits per heavy atom. The summed E-state index contributed by atoms with van der Waals surface area (Å²) >= 11 is 0. The summed E-state index contributed by atoms with van der Waals surface area (Å²) < 4.78 is 1.71. The number of hydrogen-bond donors (Lipinski definition) is 1. The fourth-order valence-electron chi connectivity index (χ4n) is 4.05. The monoisotopic (exact) mass is 391 g/mol. The lowest BCUT2D eigenvalue weighted by molar-refractivity contribution is -0.121. The van der Waals surface area contributed by atoms with Crippen LogP contribution in [0, 0.1) is 19.8 Å². The lowest BCUT2D eigenvalue weighted by Gasteiger charge is -2.32. The summed E-state index contributed by atoms with van der Waals surface area (Å²) in [5.74, 6) is -0.322. The predicted octanol–water partition coefficient (Wildman–Crippen LogP) is 3.08. The topological polar surface area (TPSA) is 80.1 Å². The van der Waals surface area contributed by atoms with Crippen molar-refractivity contribution < 1.29 is 9.59 Å². The first-order valence-corrected chi connectivity index (χ1v) is 9.90. The van der Waals surface area contributed by atoms with Gasteiger partial charge in [0.1, 0.15) is 0 Å². The second kappa shape index (κ2) is 7.66. The Bertz CT molecular complexity index is 1070. The van der Waals surface area contributed by atoms with Crippen LogP contribution < -0.4 is 5.32 Å². The summed E-state index contributed by atoms with van der Waals surface area (Å²) in [7, 11) is 1.83. The smallest absolute Gasteiger partial charge is 0.254 e. The predicted molar refractivity (Wildman–Crippen MR) is 112 cm³/mol. The standard InChI is InChI=1S/C22H25N5O2/c1-14-12-18(19-15(2)25-26(3)20(19)23-14)22(29)27-11-7-8-16(13-27)21(28)24-17-9-5-4-6-10-17/h4-6,9-10,12,16H,7-8,11,13H2,1-3H3,(H,24,28). The average Bonchev–Trinajstić information content (AvgIpc) is 3.01. The Balaban J connectivity index is 1.57. The van der Waals surface area contributed by atoms with E-state index < -0.39 is 0 Å². The van der Waals surface area contributed by atoms with Crippen LogP contribution >= 0.6 is 0 Å². The van der Waals surface area contributed by atoms with Crippen LogP contribution in [0.1, 0.15) is 34.6 Å². The van der Waals surface area contributed by atoms with E-state index in [0.717, 1.165) is 35.3 Å². The number of hydrogen-bond acceptors (Lipinski definition) is 4. The summed E-state index contributed by atoms with van der Waals surface area (Å²) in [6, 6.07) is 11.2. The minimum absolute atomic E-state index is 0.0395. The van der Waals surface area contributed by atoms with Gasteiger partial charge < -0.3 is 10.2 Å². The number of rotatable bonds is 3. The number of likely N-dealkylation sites (tertiary alicyclic amines) is 1. The van der Waals surface area contributed by atoms with Crippen molar-refractivity contribution in [3.8, 4) is 0 Å². The average molecular weight is 391 g/mol. The van der Waals surface area contributed by atoms with Crippen LogP contribution in [-0.2, 0) is 11.8 Å². The second-order valence-electron chi connectivity index (χ2n) is 7.66. The van der Waals surface area contributed by atoms with Crippen molar-refractivity contribution in [3.05, 3.63) is 53.3 Å². The van der Waals surface area contributed by atoms with Gasteiger partial charge in [0, 0.05) is 31.5 Å². The van der Waals surface area contributed by atoms with Crippen LogP contribution in [0.3, 0.4) is 0 Å².